The van der Waals surface area contributed by atoms with Gasteiger partial charge in [-0.15, -0.1) is 0 Å². The maximum Gasteiger partial charge on any atom is 0.150 e. The van der Waals surface area contributed by atoms with Crippen molar-refractivity contribution >= 4 is 0 Å². The Kier molecular flexibility index (Phi) is 2.69. The predicted octanol–water partition coefficient (Wildman–Crippen LogP) is 1.81. The van der Waals surface area contributed by atoms with Gasteiger partial charge in [-0.1, -0.05) is 17.3 Å². The van der Waals surface area contributed by atoms with Crippen molar-refractivity contribution in [3.05, 3.63) is 36.1 Å². The molecule has 0 aliphatic heterocycles. The Morgan fingerprint density at radius 3 is 2.87 bits per heavy atom. The average molecular weight is 204 g/mol. The predicted molar refractivity (Wildman–Crippen MR) is 56.4 cm³/mol. The number of para-hydroxylation sites is 1. The van der Waals surface area contributed by atoms with Gasteiger partial charge in [0.15, 0.2) is 5.76 Å². The highest BCUT2D eigenvalue weighted by molar-refractivity contribution is 5.66. The molecule has 0 saturated heterocycles. The third kappa shape index (κ3) is 1.85. The third-order valence-electron chi connectivity index (χ3n) is 2.14. The molecule has 15 heavy (non-hydrogen) atoms. The second-order valence-electron chi connectivity index (χ2n) is 3.08. The van der Waals surface area contributed by atoms with Gasteiger partial charge < -0.3 is 15.0 Å². The van der Waals surface area contributed by atoms with Gasteiger partial charge in [0.2, 0.25) is 0 Å². The molecule has 0 bridgehead atoms. The van der Waals surface area contributed by atoms with Gasteiger partial charge in [-0.05, 0) is 12.1 Å². The van der Waals surface area contributed by atoms with Gasteiger partial charge in [0.1, 0.15) is 11.4 Å². The quantitative estimate of drug-likeness (QED) is 0.828. The summed E-state index contributed by atoms with van der Waals surface area (Å²) in [7, 11) is 1.63. The normalized spacial score (nSPS) is 10.3. The highest BCUT2D eigenvalue weighted by Crippen LogP contribution is 2.28. The summed E-state index contributed by atoms with van der Waals surface area (Å²) in [6, 6.07) is 9.46. The lowest BCUT2D eigenvalue weighted by molar-refractivity contribution is 0.385. The van der Waals surface area contributed by atoms with Gasteiger partial charge in [0.25, 0.3) is 0 Å². The van der Waals surface area contributed by atoms with Crippen LogP contribution < -0.4 is 10.5 Å². The van der Waals surface area contributed by atoms with Crippen LogP contribution >= 0.6 is 0 Å². The fourth-order valence-electron chi connectivity index (χ4n) is 1.39. The molecule has 2 N–H and O–H groups in total. The first kappa shape index (κ1) is 9.73. The number of hydrogen-bond donors (Lipinski definition) is 1. The maximum absolute atomic E-state index is 5.45. The second-order valence-corrected chi connectivity index (χ2v) is 3.08. The monoisotopic (exact) mass is 204 g/mol. The third-order valence-corrected chi connectivity index (χ3v) is 2.14. The van der Waals surface area contributed by atoms with Crippen molar-refractivity contribution in [1.29, 1.82) is 0 Å². The lowest BCUT2D eigenvalue weighted by atomic mass is 10.1. The maximum atomic E-state index is 5.45. The summed E-state index contributed by atoms with van der Waals surface area (Å²) in [6.45, 7) is 0.349. The largest absolute Gasteiger partial charge is 0.496 e. The topological polar surface area (TPSA) is 61.3 Å². The van der Waals surface area contributed by atoms with Gasteiger partial charge in [-0.25, -0.2) is 0 Å². The van der Waals surface area contributed by atoms with E-state index in [9.17, 15) is 0 Å². The zero-order valence-corrected chi connectivity index (χ0v) is 8.43. The van der Waals surface area contributed by atoms with E-state index in [0.717, 1.165) is 17.0 Å². The van der Waals surface area contributed by atoms with Crippen LogP contribution in [-0.2, 0) is 6.54 Å². The highest BCUT2D eigenvalue weighted by Gasteiger charge is 2.09. The molecule has 0 aliphatic rings. The lowest BCUT2D eigenvalue weighted by Crippen LogP contribution is -1.92. The van der Waals surface area contributed by atoms with Crippen LogP contribution in [0.25, 0.3) is 11.3 Å². The molecule has 0 saturated carbocycles. The molecule has 4 heteroatoms. The first-order valence-electron chi connectivity index (χ1n) is 4.64. The summed E-state index contributed by atoms with van der Waals surface area (Å²) < 4.78 is 10.3. The van der Waals surface area contributed by atoms with Crippen molar-refractivity contribution in [2.45, 2.75) is 6.54 Å². The molecule has 0 radical (unpaired) electrons. The SMILES string of the molecule is COc1ccccc1-c1cc(CN)on1. The summed E-state index contributed by atoms with van der Waals surface area (Å²) in [6.07, 6.45) is 0. The van der Waals surface area contributed by atoms with Gasteiger partial charge >= 0.3 is 0 Å². The van der Waals surface area contributed by atoms with Gasteiger partial charge in [-0.3, -0.25) is 0 Å². The Morgan fingerprint density at radius 2 is 2.20 bits per heavy atom. The van der Waals surface area contributed by atoms with Crippen LogP contribution in [0.1, 0.15) is 5.76 Å². The van der Waals surface area contributed by atoms with E-state index in [1.54, 1.807) is 7.11 Å². The number of benzene rings is 1. The van der Waals surface area contributed by atoms with E-state index in [4.69, 9.17) is 15.0 Å². The molecule has 2 aromatic rings. The molecular weight excluding hydrogens is 192 g/mol. The molecule has 0 spiro atoms. The minimum atomic E-state index is 0.349. The van der Waals surface area contributed by atoms with Gasteiger partial charge in [0.05, 0.1) is 13.7 Å². The number of nitrogens with zero attached hydrogens (tertiary/aromatic N) is 1. The highest BCUT2D eigenvalue weighted by atomic mass is 16.5. The average Bonchev–Trinajstić information content (AvgIpc) is 2.77. The smallest absolute Gasteiger partial charge is 0.150 e. The summed E-state index contributed by atoms with van der Waals surface area (Å²) >= 11 is 0. The van der Waals surface area contributed by atoms with Crippen molar-refractivity contribution in [3.63, 3.8) is 0 Å². The molecule has 1 aromatic heterocycles. The molecular formula is C11H12N2O2. The fraction of sp³-hybridized carbons (Fsp3) is 0.182. The number of methoxy groups -OCH3 is 1. The molecule has 1 aromatic carbocycles. The minimum absolute atomic E-state index is 0.349. The number of aromatic nitrogens is 1. The van der Waals surface area contributed by atoms with Crippen LogP contribution in [0.4, 0.5) is 0 Å². The standard InChI is InChI=1S/C11H12N2O2/c1-14-11-5-3-2-4-9(11)10-6-8(7-12)15-13-10/h2-6H,7,12H2,1H3. The van der Waals surface area contributed by atoms with E-state index in [1.807, 2.05) is 30.3 Å². The lowest BCUT2D eigenvalue weighted by Gasteiger charge is -2.03. The van der Waals surface area contributed by atoms with E-state index in [0.29, 0.717) is 12.3 Å². The number of rotatable bonds is 3. The van der Waals surface area contributed by atoms with Crippen molar-refractivity contribution < 1.29 is 9.26 Å². The zero-order valence-electron chi connectivity index (χ0n) is 8.43. The zero-order chi connectivity index (χ0) is 10.7. The molecule has 0 amide bonds. The number of hydrogen-bond acceptors (Lipinski definition) is 4. The minimum Gasteiger partial charge on any atom is -0.496 e. The Balaban J connectivity index is 2.44. The fourth-order valence-corrected chi connectivity index (χ4v) is 1.39. The summed E-state index contributed by atoms with van der Waals surface area (Å²) in [5.74, 6) is 1.44. The van der Waals surface area contributed by atoms with Crippen molar-refractivity contribution in [2.24, 2.45) is 5.73 Å². The molecule has 2 rings (SSSR count). The molecule has 0 atom stereocenters. The van der Waals surface area contributed by atoms with Crippen LogP contribution in [-0.4, -0.2) is 12.3 Å². The van der Waals surface area contributed by atoms with Crippen molar-refractivity contribution in [2.75, 3.05) is 7.11 Å². The Morgan fingerprint density at radius 1 is 1.40 bits per heavy atom. The van der Waals surface area contributed by atoms with Crippen molar-refractivity contribution in [1.82, 2.24) is 5.16 Å². The summed E-state index contributed by atoms with van der Waals surface area (Å²) in [5.41, 5.74) is 7.10. The Hall–Kier alpha value is -1.81. The Labute approximate surface area is 87.6 Å². The number of nitrogens with two attached hydrogens (primary N) is 1. The van der Waals surface area contributed by atoms with Gasteiger partial charge in [0, 0.05) is 11.6 Å². The first-order valence-corrected chi connectivity index (χ1v) is 4.64. The van der Waals surface area contributed by atoms with Crippen LogP contribution in [0.15, 0.2) is 34.9 Å². The van der Waals surface area contributed by atoms with Crippen LogP contribution in [0.5, 0.6) is 5.75 Å². The van der Waals surface area contributed by atoms with Crippen molar-refractivity contribution in [3.8, 4) is 17.0 Å². The van der Waals surface area contributed by atoms with Gasteiger partial charge in [-0.2, -0.15) is 0 Å². The summed E-state index contributed by atoms with van der Waals surface area (Å²) in [5, 5.41) is 3.93. The molecule has 0 unspecified atom stereocenters. The van der Waals surface area contributed by atoms with Crippen LogP contribution in [0, 0.1) is 0 Å². The molecule has 4 nitrogen and oxygen atoms in total. The molecule has 78 valence electrons. The number of ether oxygens (including phenoxy) is 1. The van der Waals surface area contributed by atoms with Crippen LogP contribution in [0.3, 0.4) is 0 Å². The van der Waals surface area contributed by atoms with Crippen LogP contribution in [0.2, 0.25) is 0 Å². The van der Waals surface area contributed by atoms with E-state index in [2.05, 4.69) is 5.16 Å². The van der Waals surface area contributed by atoms with E-state index >= 15 is 0 Å². The first-order chi connectivity index (χ1) is 7.35. The molecule has 0 aliphatic carbocycles. The van der Waals surface area contributed by atoms with E-state index in [1.165, 1.54) is 0 Å². The molecule has 0 fully saturated rings. The second kappa shape index (κ2) is 4.14. The van der Waals surface area contributed by atoms with E-state index in [-0.39, 0.29) is 0 Å². The molecule has 1 heterocycles. The summed E-state index contributed by atoms with van der Waals surface area (Å²) in [4.78, 5) is 0. The van der Waals surface area contributed by atoms with E-state index < -0.39 is 0 Å². The Bertz CT molecular complexity index is 451.